The zero-order valence-corrected chi connectivity index (χ0v) is 28.2. The third kappa shape index (κ3) is 9.43. The third-order valence-electron chi connectivity index (χ3n) is 8.57. The summed E-state index contributed by atoms with van der Waals surface area (Å²) < 4.78 is 13.1. The first-order valence-electron chi connectivity index (χ1n) is 16.9. The van der Waals surface area contributed by atoms with Gasteiger partial charge in [-0.1, -0.05) is 26.0 Å². The molecule has 3 fully saturated rings. The fraction of sp³-hybridized carbons (Fsp3) is 0.562. The number of fused-ring (bicyclic) bond motifs is 1. The lowest BCUT2D eigenvalue weighted by molar-refractivity contribution is -0.178. The molecular formula is C32H43N7O12. The third-order valence-corrected chi connectivity index (χ3v) is 8.57. The number of imide groups is 1. The topological polar surface area (TPSA) is 273 Å². The van der Waals surface area contributed by atoms with Crippen LogP contribution in [0.4, 0.5) is 5.69 Å². The Hall–Kier alpha value is -4.98. The fourth-order valence-electron chi connectivity index (χ4n) is 5.66. The molecule has 51 heavy (non-hydrogen) atoms. The monoisotopic (exact) mass is 719 g/mol. The minimum Gasteiger partial charge on any atom is -0.388 e. The van der Waals surface area contributed by atoms with E-state index in [0.717, 1.165) is 4.90 Å². The first kappa shape index (κ1) is 37.3. The van der Waals surface area contributed by atoms with E-state index in [1.54, 1.807) is 38.1 Å². The molecule has 3 aliphatic heterocycles. The van der Waals surface area contributed by atoms with Crippen LogP contribution in [-0.2, 0) is 49.7 Å². The van der Waals surface area contributed by atoms with Crippen molar-refractivity contribution in [2.45, 2.75) is 89.2 Å². The molecule has 0 aromatic heterocycles. The van der Waals surface area contributed by atoms with E-state index in [-0.39, 0.29) is 38.5 Å². The Balaban J connectivity index is 1.19. The number of likely N-dealkylation sites (tertiary alicyclic amines) is 1. The summed E-state index contributed by atoms with van der Waals surface area (Å²) >= 11 is 0. The van der Waals surface area contributed by atoms with Crippen LogP contribution in [0.2, 0.25) is 0 Å². The van der Waals surface area contributed by atoms with E-state index < -0.39 is 103 Å². The van der Waals surface area contributed by atoms with Gasteiger partial charge in [0.2, 0.25) is 35.4 Å². The number of carbonyl (C=O) groups excluding carboxylic acids is 8. The zero-order valence-electron chi connectivity index (χ0n) is 29.2. The summed E-state index contributed by atoms with van der Waals surface area (Å²) in [7, 11) is 0. The molecule has 0 bridgehead atoms. The van der Waals surface area contributed by atoms with Gasteiger partial charge in [0.15, 0.2) is 0 Å². The molecule has 8 N–H and O–H groups in total. The van der Waals surface area contributed by atoms with Gasteiger partial charge in [0.05, 0.1) is 19.3 Å². The first-order chi connectivity index (χ1) is 24.5. The maximum Gasteiger partial charge on any atom is 0.314 e. The van der Waals surface area contributed by atoms with Crippen molar-refractivity contribution in [3.63, 3.8) is 0 Å². The second kappa shape index (κ2) is 16.8. The van der Waals surface area contributed by atoms with Crippen molar-refractivity contribution in [1.82, 2.24) is 31.1 Å². The van der Waals surface area contributed by atoms with Crippen LogP contribution in [0.1, 0.15) is 46.9 Å². The maximum atomic E-state index is 13.0. The Morgan fingerprint density at radius 2 is 1.63 bits per heavy atom. The fourth-order valence-corrected chi connectivity index (χ4v) is 5.66. The lowest BCUT2D eigenvalue weighted by atomic mass is 9.92. The minimum atomic E-state index is -1.62. The number of anilines is 1. The molecule has 8 atom stereocenters. The van der Waals surface area contributed by atoms with Gasteiger partial charge in [-0.15, -0.1) is 0 Å². The number of carbonyl (C=O) groups is 8. The summed E-state index contributed by atoms with van der Waals surface area (Å²) in [6.07, 6.45) is -7.69. The Labute approximate surface area is 293 Å². The van der Waals surface area contributed by atoms with Crippen molar-refractivity contribution in [2.75, 3.05) is 25.0 Å². The number of nitrogens with one attached hydrogen (secondary N) is 5. The number of rotatable bonds is 15. The van der Waals surface area contributed by atoms with Gasteiger partial charge in [-0.2, -0.15) is 0 Å². The minimum absolute atomic E-state index is 0.000971. The Bertz CT molecular complexity index is 1580. The Kier molecular flexibility index (Phi) is 12.3. The van der Waals surface area contributed by atoms with E-state index in [9.17, 15) is 53.7 Å². The molecule has 3 heterocycles. The van der Waals surface area contributed by atoms with E-state index in [2.05, 4.69) is 26.6 Å². The van der Waals surface area contributed by atoms with Gasteiger partial charge in [0.25, 0.3) is 0 Å². The van der Waals surface area contributed by atoms with Crippen LogP contribution < -0.4 is 26.6 Å². The van der Waals surface area contributed by atoms with Crippen molar-refractivity contribution in [1.29, 1.82) is 0 Å². The number of hydrogen-bond donors (Lipinski definition) is 8. The quantitative estimate of drug-likeness (QED) is 0.0641. The smallest absolute Gasteiger partial charge is 0.314 e. The molecule has 0 radical (unpaired) electrons. The predicted molar refractivity (Wildman–Crippen MR) is 173 cm³/mol. The van der Waals surface area contributed by atoms with Crippen LogP contribution in [0.3, 0.4) is 0 Å². The lowest BCUT2D eigenvalue weighted by Gasteiger charge is -2.44. The molecule has 278 valence electrons. The molecule has 0 saturated carbocycles. The van der Waals surface area contributed by atoms with E-state index >= 15 is 0 Å². The van der Waals surface area contributed by atoms with E-state index in [1.165, 1.54) is 6.92 Å². The molecule has 3 aliphatic rings. The van der Waals surface area contributed by atoms with Crippen molar-refractivity contribution in [2.24, 2.45) is 5.92 Å². The van der Waals surface area contributed by atoms with Gasteiger partial charge in [-0.3, -0.25) is 43.3 Å². The highest BCUT2D eigenvalue weighted by Gasteiger charge is 2.55. The number of amides is 8. The molecule has 0 spiro atoms. The van der Waals surface area contributed by atoms with E-state index in [4.69, 9.17) is 6.11 Å². The van der Waals surface area contributed by atoms with Crippen LogP contribution >= 0.6 is 0 Å². The highest BCUT2D eigenvalue weighted by atomic mass is 16.5. The number of benzene rings is 1. The first-order valence-corrected chi connectivity index (χ1v) is 16.3. The zero-order chi connectivity index (χ0) is 38.4. The number of aliphatic hydroxyl groups excluding tert-OH is 3. The van der Waals surface area contributed by atoms with E-state index in [0.29, 0.717) is 16.2 Å². The van der Waals surface area contributed by atoms with Crippen LogP contribution in [-0.4, -0.2) is 135 Å². The largest absolute Gasteiger partial charge is 0.388 e. The number of hydrogen-bond acceptors (Lipinski definition) is 12. The van der Waals surface area contributed by atoms with Crippen LogP contribution in [0.15, 0.2) is 24.3 Å². The second-order valence-corrected chi connectivity index (χ2v) is 12.7. The van der Waals surface area contributed by atoms with Crippen molar-refractivity contribution in [3.8, 4) is 0 Å². The van der Waals surface area contributed by atoms with Crippen LogP contribution in [0, 0.1) is 5.92 Å². The highest BCUT2D eigenvalue weighted by Crippen LogP contribution is 2.27. The molecule has 1 aromatic carbocycles. The summed E-state index contributed by atoms with van der Waals surface area (Å²) in [5.74, 6) is -6.10. The van der Waals surface area contributed by atoms with Crippen molar-refractivity contribution >= 4 is 52.9 Å². The van der Waals surface area contributed by atoms with Crippen molar-refractivity contribution in [3.05, 3.63) is 29.8 Å². The summed E-state index contributed by atoms with van der Waals surface area (Å²) in [6, 6.07) is 3.29. The van der Waals surface area contributed by atoms with Gasteiger partial charge in [0.1, 0.15) is 43.1 Å². The van der Waals surface area contributed by atoms with Gasteiger partial charge in [0, 0.05) is 32.8 Å². The van der Waals surface area contributed by atoms with Gasteiger partial charge >= 0.3 is 11.8 Å². The average Bonchev–Trinajstić information content (AvgIpc) is 3.52. The Morgan fingerprint density at radius 1 is 0.941 bits per heavy atom. The summed E-state index contributed by atoms with van der Waals surface area (Å²) in [5.41, 5.74) is 1.02. The average molecular weight is 720 g/mol. The molecule has 4 rings (SSSR count). The summed E-state index contributed by atoms with van der Waals surface area (Å²) in [4.78, 5) is 99.9. The lowest BCUT2D eigenvalue weighted by Crippen LogP contribution is -2.68. The van der Waals surface area contributed by atoms with Crippen LogP contribution in [0.5, 0.6) is 0 Å². The van der Waals surface area contributed by atoms with Gasteiger partial charge < -0.3 is 51.5 Å². The summed E-state index contributed by atoms with van der Waals surface area (Å²) in [6.45, 7) is 3.89. The summed E-state index contributed by atoms with van der Waals surface area (Å²) in [5, 5.41) is 43.3. The molecule has 3 saturated heterocycles. The van der Waals surface area contributed by atoms with Crippen molar-refractivity contribution < 1.29 is 59.8 Å². The maximum absolute atomic E-state index is 13.0. The molecule has 1 aromatic rings. The van der Waals surface area contributed by atoms with Crippen LogP contribution in [0.25, 0.3) is 0 Å². The Morgan fingerprint density at radius 3 is 2.25 bits per heavy atom. The standard InChI is InChI=1S/C32H43N7O12/c1-15(2)24(36-20(40)10-11-33-21(41)12-38-22(42)8-9-23(38)43)30(48)34-16(3)29(47)35-18-6-4-17(5-7-18)13-51-14-19-25(44)26(45)27(46)28-37-31(49)32(50)39(19)28/h4-7,15-16,19,24-28,44-46H,8-14H2,1-3H3,(H,33,41)(H,34,48)(H,35,47)(H,36,40)(H,37,49)/t16-,19+,24-,25+,26-,27-,28-/m0/s1/i8T/t8?,16-,19+,24-,25+,26-,27-,28-. The molecule has 1 unspecified atom stereocenters. The molecule has 19 heteroatoms. The number of piperidine rings is 1. The highest BCUT2D eigenvalue weighted by molar-refractivity contribution is 6.37. The molecule has 19 nitrogen and oxygen atoms in total. The molecule has 8 amide bonds. The number of nitrogens with zero attached hydrogens (tertiary/aromatic N) is 2. The SMILES string of the molecule is [3H]C1CC(=O)N(CC(=O)NCCC(=O)N[C@H](C(=O)N[C@@H](C)C(=O)Nc2ccc(COC[C@@H]3[C@@H](O)[C@H](O)[C@H](O)[C@H]4NC(=O)C(=O)N34)cc2)C(C)C)C1=O. The van der Waals surface area contributed by atoms with Gasteiger partial charge in [-0.25, -0.2) is 0 Å². The van der Waals surface area contributed by atoms with E-state index in [1.807, 2.05) is 0 Å². The van der Waals surface area contributed by atoms with Gasteiger partial charge in [-0.05, 0) is 30.5 Å². The second-order valence-electron chi connectivity index (χ2n) is 12.7. The number of ether oxygens (including phenoxy) is 1. The number of aliphatic hydroxyl groups is 3. The molecular weight excluding hydrogens is 674 g/mol. The predicted octanol–water partition coefficient (Wildman–Crippen LogP) is -3.81. The molecule has 0 aliphatic carbocycles. The normalized spacial score (nSPS) is 25.9.